The maximum absolute atomic E-state index is 12.5. The van der Waals surface area contributed by atoms with Crippen LogP contribution in [0.1, 0.15) is 28.9 Å². The van der Waals surface area contributed by atoms with Gasteiger partial charge < -0.3 is 25.3 Å². The van der Waals surface area contributed by atoms with Gasteiger partial charge in [0.1, 0.15) is 23.6 Å². The minimum atomic E-state index is -3.02. The van der Waals surface area contributed by atoms with Crippen molar-refractivity contribution < 1.29 is 27.8 Å². The van der Waals surface area contributed by atoms with Crippen molar-refractivity contribution in [3.63, 3.8) is 0 Å². The van der Waals surface area contributed by atoms with E-state index in [4.69, 9.17) is 15.2 Å². The maximum Gasteiger partial charge on any atom is 0.388 e. The maximum atomic E-state index is 12.5. The van der Waals surface area contributed by atoms with Crippen molar-refractivity contribution in [1.82, 2.24) is 9.97 Å². The SMILES string of the molecule is NC1=NC2(CO1)c1cc(NC(=O)c3cnc(OC(F)F)cn3)ccc1OCC21CC1. The molecule has 3 N–H and O–H groups in total. The highest BCUT2D eigenvalue weighted by atomic mass is 19.3. The highest BCUT2D eigenvalue weighted by Gasteiger charge is 2.66. The second-order valence-electron chi connectivity index (χ2n) is 7.45. The summed E-state index contributed by atoms with van der Waals surface area (Å²) in [4.78, 5) is 24.6. The lowest BCUT2D eigenvalue weighted by Gasteiger charge is -2.39. The van der Waals surface area contributed by atoms with Gasteiger partial charge in [-0.05, 0) is 31.0 Å². The molecule has 0 radical (unpaired) electrons. The third-order valence-corrected chi connectivity index (χ3v) is 5.72. The lowest BCUT2D eigenvalue weighted by atomic mass is 9.74. The second-order valence-corrected chi connectivity index (χ2v) is 7.45. The number of aliphatic imine (C=N–C) groups is 1. The number of aromatic nitrogens is 2. The first kappa shape index (κ1) is 18.5. The summed E-state index contributed by atoms with van der Waals surface area (Å²) in [5, 5.41) is 2.73. The van der Waals surface area contributed by atoms with Crippen LogP contribution in [0.3, 0.4) is 0 Å². The molecule has 1 atom stereocenters. The van der Waals surface area contributed by atoms with E-state index in [0.717, 1.165) is 30.8 Å². The number of amidine groups is 1. The summed E-state index contributed by atoms with van der Waals surface area (Å²) >= 11 is 0. The average Bonchev–Trinajstić information content (AvgIpc) is 3.41. The number of anilines is 1. The third kappa shape index (κ3) is 2.88. The molecule has 1 unspecified atom stereocenters. The van der Waals surface area contributed by atoms with Gasteiger partial charge in [-0.2, -0.15) is 8.78 Å². The highest BCUT2D eigenvalue weighted by molar-refractivity contribution is 6.02. The molecule has 2 aliphatic heterocycles. The number of carbonyl (C=O) groups is 1. The minimum Gasteiger partial charge on any atom is -0.493 e. The molecule has 9 nitrogen and oxygen atoms in total. The molecule has 11 heteroatoms. The van der Waals surface area contributed by atoms with Crippen LogP contribution in [0.25, 0.3) is 0 Å². The van der Waals surface area contributed by atoms with Gasteiger partial charge >= 0.3 is 6.61 Å². The third-order valence-electron chi connectivity index (χ3n) is 5.72. The molecule has 1 aromatic heterocycles. The predicted molar refractivity (Wildman–Crippen MR) is 99.5 cm³/mol. The number of benzene rings is 1. The Morgan fingerprint density at radius 3 is 2.67 bits per heavy atom. The van der Waals surface area contributed by atoms with Gasteiger partial charge in [0.15, 0.2) is 0 Å². The molecule has 30 heavy (non-hydrogen) atoms. The first-order chi connectivity index (χ1) is 14.4. The Balaban J connectivity index is 1.41. The van der Waals surface area contributed by atoms with Gasteiger partial charge in [-0.3, -0.25) is 4.79 Å². The number of rotatable bonds is 4. The van der Waals surface area contributed by atoms with Crippen molar-refractivity contribution in [2.24, 2.45) is 16.1 Å². The first-order valence-corrected chi connectivity index (χ1v) is 9.25. The fourth-order valence-electron chi connectivity index (χ4n) is 4.01. The van der Waals surface area contributed by atoms with Crippen molar-refractivity contribution in [2.45, 2.75) is 25.0 Å². The van der Waals surface area contributed by atoms with Gasteiger partial charge in [-0.25, -0.2) is 15.0 Å². The number of carbonyl (C=O) groups excluding carboxylic acids is 1. The largest absolute Gasteiger partial charge is 0.493 e. The van der Waals surface area contributed by atoms with Crippen LogP contribution in [0.5, 0.6) is 11.6 Å². The van der Waals surface area contributed by atoms with E-state index >= 15 is 0 Å². The normalized spacial score (nSPS) is 22.8. The van der Waals surface area contributed by atoms with Gasteiger partial charge in [0.25, 0.3) is 11.9 Å². The van der Waals surface area contributed by atoms with Gasteiger partial charge in [-0.15, -0.1) is 0 Å². The zero-order valence-corrected chi connectivity index (χ0v) is 15.6. The lowest BCUT2D eigenvalue weighted by Crippen LogP contribution is -2.44. The molecule has 5 rings (SSSR count). The van der Waals surface area contributed by atoms with Crippen molar-refractivity contribution in [3.05, 3.63) is 41.9 Å². The molecule has 1 aliphatic carbocycles. The number of fused-ring (bicyclic) bond motifs is 3. The number of nitrogens with one attached hydrogen (secondary N) is 1. The predicted octanol–water partition coefficient (Wildman–Crippen LogP) is 2.04. The monoisotopic (exact) mass is 417 g/mol. The average molecular weight is 417 g/mol. The van der Waals surface area contributed by atoms with E-state index < -0.39 is 18.1 Å². The van der Waals surface area contributed by atoms with E-state index in [2.05, 4.69) is 25.0 Å². The van der Waals surface area contributed by atoms with Crippen LogP contribution in [0, 0.1) is 5.41 Å². The first-order valence-electron chi connectivity index (χ1n) is 9.25. The Morgan fingerprint density at radius 1 is 1.20 bits per heavy atom. The highest BCUT2D eigenvalue weighted by Crippen LogP contribution is 2.65. The Morgan fingerprint density at radius 2 is 2.03 bits per heavy atom. The number of alkyl halides is 2. The van der Waals surface area contributed by atoms with E-state index in [-0.39, 0.29) is 23.0 Å². The smallest absolute Gasteiger partial charge is 0.388 e. The minimum absolute atomic E-state index is 0.0505. The molecular weight excluding hydrogens is 400 g/mol. The zero-order chi connectivity index (χ0) is 20.9. The molecule has 0 bridgehead atoms. The fourth-order valence-corrected chi connectivity index (χ4v) is 4.01. The van der Waals surface area contributed by atoms with Crippen LogP contribution in [-0.4, -0.2) is 41.7 Å². The molecule has 1 aromatic carbocycles. The zero-order valence-electron chi connectivity index (χ0n) is 15.6. The Labute approximate surface area is 169 Å². The summed E-state index contributed by atoms with van der Waals surface area (Å²) in [6, 6.07) is 5.39. The number of nitrogens with zero attached hydrogens (tertiary/aromatic N) is 3. The molecule has 1 saturated carbocycles. The molecule has 3 aliphatic rings. The van der Waals surface area contributed by atoms with E-state index in [1.807, 2.05) is 0 Å². The molecule has 156 valence electrons. The molecule has 0 saturated heterocycles. The summed E-state index contributed by atoms with van der Waals surface area (Å²) in [6.07, 6.45) is 3.92. The molecule has 1 fully saturated rings. The summed E-state index contributed by atoms with van der Waals surface area (Å²) in [5.74, 6) is -0.259. The van der Waals surface area contributed by atoms with E-state index in [1.54, 1.807) is 18.2 Å². The second kappa shape index (κ2) is 6.51. The van der Waals surface area contributed by atoms with Crippen molar-refractivity contribution >= 4 is 17.6 Å². The quantitative estimate of drug-likeness (QED) is 0.781. The van der Waals surface area contributed by atoms with E-state index in [1.165, 1.54) is 0 Å². The summed E-state index contributed by atoms with van der Waals surface area (Å²) in [7, 11) is 0. The number of hydrogen-bond acceptors (Lipinski definition) is 8. The summed E-state index contributed by atoms with van der Waals surface area (Å²) in [5.41, 5.74) is 6.28. The van der Waals surface area contributed by atoms with Gasteiger partial charge in [0.2, 0.25) is 5.88 Å². The number of hydrogen-bond donors (Lipinski definition) is 2. The van der Waals surface area contributed by atoms with Gasteiger partial charge in [0, 0.05) is 16.7 Å². The van der Waals surface area contributed by atoms with Gasteiger partial charge in [0.05, 0.1) is 19.0 Å². The fraction of sp³-hybridized carbons (Fsp3) is 0.368. The molecule has 2 spiro atoms. The summed E-state index contributed by atoms with van der Waals surface area (Å²) in [6.45, 7) is -2.16. The van der Waals surface area contributed by atoms with Crippen LogP contribution in [0.2, 0.25) is 0 Å². The number of ether oxygens (including phenoxy) is 3. The van der Waals surface area contributed by atoms with Crippen LogP contribution in [0.4, 0.5) is 14.5 Å². The van der Waals surface area contributed by atoms with Crippen LogP contribution in [-0.2, 0) is 10.3 Å². The van der Waals surface area contributed by atoms with Crippen LogP contribution >= 0.6 is 0 Å². The molecular formula is C19H17F2N5O4. The van der Waals surface area contributed by atoms with Crippen LogP contribution < -0.4 is 20.5 Å². The Kier molecular flexibility index (Phi) is 4.02. The molecule has 3 heterocycles. The number of nitrogens with two attached hydrogens (primary N) is 1. The lowest BCUT2D eigenvalue weighted by molar-refractivity contribution is -0.0531. The van der Waals surface area contributed by atoms with Crippen molar-refractivity contribution in [2.75, 3.05) is 18.5 Å². The Hall–Kier alpha value is -3.50. The summed E-state index contributed by atoms with van der Waals surface area (Å²) < 4.78 is 40.0. The number of halogens is 2. The van der Waals surface area contributed by atoms with Crippen molar-refractivity contribution in [1.29, 1.82) is 0 Å². The number of amides is 1. The van der Waals surface area contributed by atoms with E-state index in [9.17, 15) is 13.6 Å². The Bertz CT molecular complexity index is 1040. The van der Waals surface area contributed by atoms with Crippen molar-refractivity contribution in [3.8, 4) is 11.6 Å². The van der Waals surface area contributed by atoms with E-state index in [0.29, 0.717) is 24.7 Å². The topological polar surface area (TPSA) is 121 Å². The molecule has 1 amide bonds. The van der Waals surface area contributed by atoms with Crippen LogP contribution in [0.15, 0.2) is 35.6 Å². The van der Waals surface area contributed by atoms with Gasteiger partial charge in [-0.1, -0.05) is 0 Å². The standard InChI is InChI=1S/C19H17F2N5O4/c20-16(21)30-14-7-23-12(6-24-14)15(27)25-10-1-2-13-11(5-10)19(9-29-17(22)26-19)18(3-4-18)8-28-13/h1-2,5-7,16H,3-4,8-9H2,(H2,22,26)(H,25,27). The molecule has 2 aromatic rings.